The van der Waals surface area contributed by atoms with Crippen LogP contribution in [0.3, 0.4) is 0 Å². The second-order valence-electron chi connectivity index (χ2n) is 4.24. The Morgan fingerprint density at radius 2 is 2.20 bits per heavy atom. The fourth-order valence-corrected chi connectivity index (χ4v) is 1.68. The van der Waals surface area contributed by atoms with Crippen molar-refractivity contribution in [1.82, 2.24) is 10.6 Å². The number of hydrogen-bond donors (Lipinski definition) is 2. The molecule has 1 aromatic carbocycles. The maximum atomic E-state index is 11.6. The topological polar surface area (TPSA) is 93.5 Å². The SMILES string of the molecule is CCNC(=O)C(C)Oc1ccc(CNC)cc1[N+](=O)[O-]. The molecule has 0 radical (unpaired) electrons. The Morgan fingerprint density at radius 3 is 2.75 bits per heavy atom. The summed E-state index contributed by atoms with van der Waals surface area (Å²) in [6.45, 7) is 4.35. The lowest BCUT2D eigenvalue weighted by atomic mass is 10.2. The predicted octanol–water partition coefficient (Wildman–Crippen LogP) is 1.22. The van der Waals surface area contributed by atoms with E-state index in [9.17, 15) is 14.9 Å². The first-order valence-electron chi connectivity index (χ1n) is 6.35. The van der Waals surface area contributed by atoms with E-state index in [0.29, 0.717) is 13.1 Å². The average Bonchev–Trinajstić information content (AvgIpc) is 2.40. The first kappa shape index (κ1) is 15.9. The lowest BCUT2D eigenvalue weighted by Crippen LogP contribution is -2.36. The predicted molar refractivity (Wildman–Crippen MR) is 74.6 cm³/mol. The third kappa shape index (κ3) is 4.20. The zero-order chi connectivity index (χ0) is 15.1. The molecule has 20 heavy (non-hydrogen) atoms. The van der Waals surface area contributed by atoms with Crippen LogP contribution < -0.4 is 15.4 Å². The summed E-state index contributed by atoms with van der Waals surface area (Å²) in [5, 5.41) is 16.6. The number of carbonyl (C=O) groups excluding carboxylic acids is 1. The number of nitro benzene ring substituents is 1. The average molecular weight is 281 g/mol. The third-order valence-electron chi connectivity index (χ3n) is 2.62. The summed E-state index contributed by atoms with van der Waals surface area (Å²) in [5.74, 6) is -0.213. The monoisotopic (exact) mass is 281 g/mol. The van der Waals surface area contributed by atoms with Crippen LogP contribution in [0.1, 0.15) is 19.4 Å². The number of rotatable bonds is 7. The fraction of sp³-hybridized carbons (Fsp3) is 0.462. The summed E-state index contributed by atoms with van der Waals surface area (Å²) in [6, 6.07) is 4.68. The molecule has 0 aliphatic carbocycles. The standard InChI is InChI=1S/C13H19N3O4/c1-4-15-13(17)9(2)20-12-6-5-10(8-14-3)7-11(12)16(18)19/h5-7,9,14H,4,8H2,1-3H3,(H,15,17). The van der Waals surface area contributed by atoms with Gasteiger partial charge in [-0.05, 0) is 32.5 Å². The highest BCUT2D eigenvalue weighted by Gasteiger charge is 2.21. The van der Waals surface area contributed by atoms with Crippen molar-refractivity contribution in [2.75, 3.05) is 13.6 Å². The lowest BCUT2D eigenvalue weighted by molar-refractivity contribution is -0.386. The van der Waals surface area contributed by atoms with Gasteiger partial charge in [0.15, 0.2) is 11.9 Å². The fourth-order valence-electron chi connectivity index (χ4n) is 1.68. The van der Waals surface area contributed by atoms with Crippen LogP contribution in [0.4, 0.5) is 5.69 Å². The van der Waals surface area contributed by atoms with Crippen molar-refractivity contribution in [1.29, 1.82) is 0 Å². The van der Waals surface area contributed by atoms with Gasteiger partial charge in [-0.3, -0.25) is 14.9 Å². The molecule has 0 saturated heterocycles. The lowest BCUT2D eigenvalue weighted by Gasteiger charge is -2.14. The second kappa shape index (κ2) is 7.44. The van der Waals surface area contributed by atoms with Gasteiger partial charge in [0.1, 0.15) is 0 Å². The number of amides is 1. The highest BCUT2D eigenvalue weighted by atomic mass is 16.6. The van der Waals surface area contributed by atoms with Crippen LogP contribution >= 0.6 is 0 Å². The summed E-state index contributed by atoms with van der Waals surface area (Å²) >= 11 is 0. The maximum Gasteiger partial charge on any atom is 0.311 e. The van der Waals surface area contributed by atoms with Crippen molar-refractivity contribution in [3.8, 4) is 5.75 Å². The summed E-state index contributed by atoms with van der Waals surface area (Å²) in [6.07, 6.45) is -0.788. The number of nitro groups is 1. The molecule has 1 rings (SSSR count). The van der Waals surface area contributed by atoms with Gasteiger partial charge in [0.2, 0.25) is 0 Å². The van der Waals surface area contributed by atoms with E-state index in [1.54, 1.807) is 27.0 Å². The maximum absolute atomic E-state index is 11.6. The number of likely N-dealkylation sites (N-methyl/N-ethyl adjacent to an activating group) is 1. The normalized spacial score (nSPS) is 11.8. The molecule has 7 nitrogen and oxygen atoms in total. The van der Waals surface area contributed by atoms with Crippen LogP contribution in [0.15, 0.2) is 18.2 Å². The van der Waals surface area contributed by atoms with Crippen LogP contribution in [0.25, 0.3) is 0 Å². The van der Waals surface area contributed by atoms with E-state index in [4.69, 9.17) is 4.74 Å². The molecule has 1 aromatic rings. The van der Waals surface area contributed by atoms with Gasteiger partial charge in [-0.2, -0.15) is 0 Å². The van der Waals surface area contributed by atoms with E-state index in [0.717, 1.165) is 5.56 Å². The molecule has 0 heterocycles. The summed E-state index contributed by atoms with van der Waals surface area (Å²) in [7, 11) is 1.76. The molecule has 1 amide bonds. The van der Waals surface area contributed by atoms with Crippen LogP contribution in [-0.4, -0.2) is 30.5 Å². The number of hydrogen-bond acceptors (Lipinski definition) is 5. The van der Waals surface area contributed by atoms with Crippen molar-refractivity contribution in [2.24, 2.45) is 0 Å². The number of ether oxygens (including phenoxy) is 1. The van der Waals surface area contributed by atoms with Crippen LogP contribution in [0, 0.1) is 10.1 Å². The molecule has 0 aliphatic heterocycles. The van der Waals surface area contributed by atoms with Crippen LogP contribution in [-0.2, 0) is 11.3 Å². The van der Waals surface area contributed by atoms with Crippen LogP contribution in [0.2, 0.25) is 0 Å². The minimum Gasteiger partial charge on any atom is -0.474 e. The summed E-state index contributed by atoms with van der Waals surface area (Å²) in [4.78, 5) is 22.1. The Kier molecular flexibility index (Phi) is 5.92. The Labute approximate surface area is 117 Å². The first-order chi connectivity index (χ1) is 9.49. The molecule has 0 aliphatic rings. The van der Waals surface area contributed by atoms with Gasteiger partial charge in [-0.25, -0.2) is 0 Å². The highest BCUT2D eigenvalue weighted by molar-refractivity contribution is 5.80. The van der Waals surface area contributed by atoms with Gasteiger partial charge < -0.3 is 15.4 Å². The van der Waals surface area contributed by atoms with Gasteiger partial charge in [-0.15, -0.1) is 0 Å². The molecule has 0 spiro atoms. The molecule has 2 N–H and O–H groups in total. The Bertz CT molecular complexity index is 491. The van der Waals surface area contributed by atoms with E-state index < -0.39 is 11.0 Å². The molecule has 1 atom stereocenters. The van der Waals surface area contributed by atoms with E-state index >= 15 is 0 Å². The molecule has 1 unspecified atom stereocenters. The summed E-state index contributed by atoms with van der Waals surface area (Å²) in [5.41, 5.74) is 0.631. The van der Waals surface area contributed by atoms with Crippen molar-refractivity contribution in [2.45, 2.75) is 26.5 Å². The molecule has 0 fully saturated rings. The van der Waals surface area contributed by atoms with Gasteiger partial charge in [-0.1, -0.05) is 6.07 Å². The third-order valence-corrected chi connectivity index (χ3v) is 2.62. The summed E-state index contributed by atoms with van der Waals surface area (Å²) < 4.78 is 5.38. The molecule has 0 bridgehead atoms. The Hall–Kier alpha value is -2.15. The van der Waals surface area contributed by atoms with Crippen molar-refractivity contribution in [3.63, 3.8) is 0 Å². The quantitative estimate of drug-likeness (QED) is 0.579. The minimum atomic E-state index is -0.788. The zero-order valence-electron chi connectivity index (χ0n) is 11.8. The molecule has 0 saturated carbocycles. The Balaban J connectivity index is 2.94. The van der Waals surface area contributed by atoms with Gasteiger partial charge in [0, 0.05) is 19.2 Å². The van der Waals surface area contributed by atoms with Crippen LogP contribution in [0.5, 0.6) is 5.75 Å². The van der Waals surface area contributed by atoms with Gasteiger partial charge in [0.25, 0.3) is 5.91 Å². The van der Waals surface area contributed by atoms with E-state index in [-0.39, 0.29) is 17.3 Å². The molecule has 110 valence electrons. The number of nitrogens with one attached hydrogen (secondary N) is 2. The molecule has 0 aromatic heterocycles. The second-order valence-corrected chi connectivity index (χ2v) is 4.24. The molecular formula is C13H19N3O4. The number of benzene rings is 1. The number of carbonyl (C=O) groups is 1. The molecule has 7 heteroatoms. The van der Waals surface area contributed by atoms with Crippen molar-refractivity contribution < 1.29 is 14.5 Å². The van der Waals surface area contributed by atoms with Crippen molar-refractivity contribution in [3.05, 3.63) is 33.9 Å². The Morgan fingerprint density at radius 1 is 1.50 bits per heavy atom. The van der Waals surface area contributed by atoms with E-state index in [2.05, 4.69) is 10.6 Å². The largest absolute Gasteiger partial charge is 0.474 e. The smallest absolute Gasteiger partial charge is 0.311 e. The number of nitrogens with zero attached hydrogens (tertiary/aromatic N) is 1. The first-order valence-corrected chi connectivity index (χ1v) is 6.35. The highest BCUT2D eigenvalue weighted by Crippen LogP contribution is 2.28. The molecular weight excluding hydrogens is 262 g/mol. The van der Waals surface area contributed by atoms with Crippen molar-refractivity contribution >= 4 is 11.6 Å². The van der Waals surface area contributed by atoms with E-state index in [1.807, 2.05) is 0 Å². The van der Waals surface area contributed by atoms with Gasteiger partial charge >= 0.3 is 5.69 Å². The minimum absolute atomic E-state index is 0.0913. The zero-order valence-corrected chi connectivity index (χ0v) is 11.8. The van der Waals surface area contributed by atoms with Gasteiger partial charge in [0.05, 0.1) is 4.92 Å². The van der Waals surface area contributed by atoms with E-state index in [1.165, 1.54) is 12.1 Å².